The van der Waals surface area contributed by atoms with Crippen molar-refractivity contribution in [2.24, 2.45) is 0 Å². The van der Waals surface area contributed by atoms with E-state index in [-0.39, 0.29) is 12.5 Å². The second-order valence-corrected chi connectivity index (χ2v) is 6.56. The van der Waals surface area contributed by atoms with Crippen LogP contribution < -0.4 is 0 Å². The van der Waals surface area contributed by atoms with Gasteiger partial charge in [-0.1, -0.05) is 30.3 Å². The van der Waals surface area contributed by atoms with Crippen LogP contribution in [-0.4, -0.2) is 85.6 Å². The van der Waals surface area contributed by atoms with Gasteiger partial charge in [-0.2, -0.15) is 0 Å². The zero-order chi connectivity index (χ0) is 16.8. The molecule has 24 heavy (non-hydrogen) atoms. The van der Waals surface area contributed by atoms with Crippen molar-refractivity contribution in [3.05, 3.63) is 35.9 Å². The predicted molar refractivity (Wildman–Crippen MR) is 89.8 cm³/mol. The summed E-state index contributed by atoms with van der Waals surface area (Å²) in [7, 11) is 0. The molecule has 1 atom stereocenters. The van der Waals surface area contributed by atoms with E-state index in [9.17, 15) is 9.90 Å². The highest BCUT2D eigenvalue weighted by Gasteiger charge is 2.37. The van der Waals surface area contributed by atoms with Gasteiger partial charge in [0.2, 0.25) is 5.91 Å². The van der Waals surface area contributed by atoms with Gasteiger partial charge < -0.3 is 19.5 Å². The maximum absolute atomic E-state index is 12.4. The van der Waals surface area contributed by atoms with Crippen LogP contribution in [0.2, 0.25) is 0 Å². The maximum atomic E-state index is 12.4. The SMILES string of the molecule is O=C(CN1CCOC(CO)(Cc2ccccc2)C1)N1CCOCC1. The molecule has 0 aliphatic carbocycles. The number of rotatable bonds is 5. The molecule has 6 heteroatoms. The molecule has 0 bridgehead atoms. The number of aliphatic hydroxyl groups excluding tert-OH is 1. The number of carbonyl (C=O) groups excluding carboxylic acids is 1. The lowest BCUT2D eigenvalue weighted by atomic mass is 9.93. The number of morpholine rings is 2. The molecule has 2 heterocycles. The molecule has 2 aliphatic heterocycles. The molecular weight excluding hydrogens is 308 g/mol. The first-order chi connectivity index (χ1) is 11.7. The summed E-state index contributed by atoms with van der Waals surface area (Å²) in [5.74, 6) is 0.131. The average Bonchev–Trinajstić information content (AvgIpc) is 2.63. The van der Waals surface area contributed by atoms with Crippen LogP contribution >= 0.6 is 0 Å². The smallest absolute Gasteiger partial charge is 0.236 e. The van der Waals surface area contributed by atoms with Crippen LogP contribution in [0.5, 0.6) is 0 Å². The van der Waals surface area contributed by atoms with Gasteiger partial charge in [0.1, 0.15) is 5.60 Å². The molecule has 1 unspecified atom stereocenters. The van der Waals surface area contributed by atoms with Crippen LogP contribution in [0.25, 0.3) is 0 Å². The van der Waals surface area contributed by atoms with E-state index in [1.807, 2.05) is 35.2 Å². The minimum absolute atomic E-state index is 0.0514. The summed E-state index contributed by atoms with van der Waals surface area (Å²) in [4.78, 5) is 16.4. The Bertz CT molecular complexity index is 533. The number of ether oxygens (including phenoxy) is 2. The molecule has 3 rings (SSSR count). The van der Waals surface area contributed by atoms with Crippen LogP contribution in [0.3, 0.4) is 0 Å². The Hall–Kier alpha value is -1.47. The third-order valence-corrected chi connectivity index (χ3v) is 4.71. The molecule has 1 N–H and O–H groups in total. The van der Waals surface area contributed by atoms with E-state index < -0.39 is 5.60 Å². The number of aliphatic hydroxyl groups is 1. The molecule has 2 saturated heterocycles. The molecule has 0 radical (unpaired) electrons. The molecule has 0 aromatic heterocycles. The standard InChI is InChI=1S/C18H26N2O4/c21-15-18(12-16-4-2-1-3-5-16)14-19(6-11-24-18)13-17(22)20-7-9-23-10-8-20/h1-5,21H,6-15H2. The first-order valence-corrected chi connectivity index (χ1v) is 8.57. The average molecular weight is 334 g/mol. The lowest BCUT2D eigenvalue weighted by molar-refractivity contribution is -0.149. The molecular formula is C18H26N2O4. The summed E-state index contributed by atoms with van der Waals surface area (Å²) < 4.78 is 11.2. The lowest BCUT2D eigenvalue weighted by Crippen LogP contribution is -2.57. The van der Waals surface area contributed by atoms with Crippen LogP contribution in [0.15, 0.2) is 30.3 Å². The largest absolute Gasteiger partial charge is 0.393 e. The molecule has 6 nitrogen and oxygen atoms in total. The Morgan fingerprint density at radius 3 is 2.58 bits per heavy atom. The van der Waals surface area contributed by atoms with E-state index in [1.54, 1.807) is 0 Å². The van der Waals surface area contributed by atoms with Crippen LogP contribution in [-0.2, 0) is 20.7 Å². The number of benzene rings is 1. The lowest BCUT2D eigenvalue weighted by Gasteiger charge is -2.42. The summed E-state index contributed by atoms with van der Waals surface area (Å²) >= 11 is 0. The highest BCUT2D eigenvalue weighted by molar-refractivity contribution is 5.78. The maximum Gasteiger partial charge on any atom is 0.236 e. The van der Waals surface area contributed by atoms with Gasteiger partial charge in [0.15, 0.2) is 0 Å². The van der Waals surface area contributed by atoms with E-state index >= 15 is 0 Å². The van der Waals surface area contributed by atoms with E-state index in [0.717, 1.165) is 5.56 Å². The molecule has 1 amide bonds. The summed E-state index contributed by atoms with van der Waals surface area (Å²) in [6.07, 6.45) is 0.645. The number of amides is 1. The minimum atomic E-state index is -0.634. The Balaban J connectivity index is 1.60. The number of carbonyl (C=O) groups is 1. The van der Waals surface area contributed by atoms with Crippen molar-refractivity contribution in [2.45, 2.75) is 12.0 Å². The van der Waals surface area contributed by atoms with Crippen molar-refractivity contribution in [1.29, 1.82) is 0 Å². The van der Waals surface area contributed by atoms with Gasteiger partial charge in [-0.25, -0.2) is 0 Å². The Morgan fingerprint density at radius 2 is 1.88 bits per heavy atom. The van der Waals surface area contributed by atoms with E-state index in [1.165, 1.54) is 0 Å². The van der Waals surface area contributed by atoms with Crippen molar-refractivity contribution < 1.29 is 19.4 Å². The fourth-order valence-corrected chi connectivity index (χ4v) is 3.39. The molecule has 2 aliphatic rings. The van der Waals surface area contributed by atoms with Gasteiger partial charge in [-0.15, -0.1) is 0 Å². The molecule has 1 aromatic carbocycles. The Labute approximate surface area is 143 Å². The van der Waals surface area contributed by atoms with Crippen molar-refractivity contribution in [3.63, 3.8) is 0 Å². The molecule has 0 spiro atoms. The summed E-state index contributed by atoms with van der Waals surface area (Å²) in [6.45, 7) is 4.69. The molecule has 2 fully saturated rings. The third kappa shape index (κ3) is 4.33. The van der Waals surface area contributed by atoms with Crippen LogP contribution in [0.1, 0.15) is 5.56 Å². The summed E-state index contributed by atoms with van der Waals surface area (Å²) in [5.41, 5.74) is 0.498. The highest BCUT2D eigenvalue weighted by Crippen LogP contribution is 2.23. The highest BCUT2D eigenvalue weighted by atomic mass is 16.5. The fourth-order valence-electron chi connectivity index (χ4n) is 3.39. The van der Waals surface area contributed by atoms with Crippen molar-refractivity contribution >= 4 is 5.91 Å². The summed E-state index contributed by atoms with van der Waals surface area (Å²) in [5, 5.41) is 9.94. The van der Waals surface area contributed by atoms with Crippen molar-refractivity contribution in [2.75, 3.05) is 59.2 Å². The van der Waals surface area contributed by atoms with E-state index in [4.69, 9.17) is 9.47 Å². The number of hydrogen-bond donors (Lipinski definition) is 1. The number of hydrogen-bond acceptors (Lipinski definition) is 5. The monoisotopic (exact) mass is 334 g/mol. The zero-order valence-corrected chi connectivity index (χ0v) is 14.0. The fraction of sp³-hybridized carbons (Fsp3) is 0.611. The second-order valence-electron chi connectivity index (χ2n) is 6.56. The van der Waals surface area contributed by atoms with Gasteiger partial charge in [0.05, 0.1) is 33.0 Å². The Morgan fingerprint density at radius 1 is 1.12 bits per heavy atom. The normalized spacial score (nSPS) is 25.6. The van der Waals surface area contributed by atoms with Gasteiger partial charge in [-0.05, 0) is 5.56 Å². The molecule has 0 saturated carbocycles. The van der Waals surface area contributed by atoms with E-state index in [0.29, 0.717) is 59.0 Å². The van der Waals surface area contributed by atoms with Gasteiger partial charge >= 0.3 is 0 Å². The van der Waals surface area contributed by atoms with Crippen LogP contribution in [0, 0.1) is 0 Å². The first kappa shape index (κ1) is 17.4. The quantitative estimate of drug-likeness (QED) is 0.831. The van der Waals surface area contributed by atoms with Gasteiger partial charge in [0, 0.05) is 32.6 Å². The van der Waals surface area contributed by atoms with Crippen molar-refractivity contribution in [1.82, 2.24) is 9.80 Å². The molecule has 132 valence electrons. The van der Waals surface area contributed by atoms with Gasteiger partial charge in [-0.3, -0.25) is 9.69 Å². The van der Waals surface area contributed by atoms with Gasteiger partial charge in [0.25, 0.3) is 0 Å². The zero-order valence-electron chi connectivity index (χ0n) is 14.0. The van der Waals surface area contributed by atoms with Crippen LogP contribution in [0.4, 0.5) is 0 Å². The number of nitrogens with zero attached hydrogens (tertiary/aromatic N) is 2. The second kappa shape index (κ2) is 8.07. The topological polar surface area (TPSA) is 62.2 Å². The first-order valence-electron chi connectivity index (χ1n) is 8.57. The van der Waals surface area contributed by atoms with E-state index in [2.05, 4.69) is 4.90 Å². The molecule has 1 aromatic rings. The predicted octanol–water partition coefficient (Wildman–Crippen LogP) is 0.151. The third-order valence-electron chi connectivity index (χ3n) is 4.71. The summed E-state index contributed by atoms with van der Waals surface area (Å²) in [6, 6.07) is 10.0. The Kier molecular flexibility index (Phi) is 5.84. The van der Waals surface area contributed by atoms with Crippen molar-refractivity contribution in [3.8, 4) is 0 Å². The minimum Gasteiger partial charge on any atom is -0.393 e.